The summed E-state index contributed by atoms with van der Waals surface area (Å²) in [7, 11) is 4.44. The fourth-order valence-corrected chi connectivity index (χ4v) is 4.27. The molecule has 0 bridgehead atoms. The van der Waals surface area contributed by atoms with Crippen molar-refractivity contribution in [1.82, 2.24) is 19.8 Å². The number of nitrogens with zero attached hydrogens (tertiary/aromatic N) is 5. The zero-order chi connectivity index (χ0) is 18.8. The molecule has 2 aliphatic rings. The van der Waals surface area contributed by atoms with Crippen LogP contribution in [0.25, 0.3) is 10.9 Å². The molecule has 0 unspecified atom stereocenters. The van der Waals surface area contributed by atoms with Gasteiger partial charge in [0.25, 0.3) is 0 Å². The minimum absolute atomic E-state index is 0.306. The smallest absolute Gasteiger partial charge is 0.224 e. The number of likely N-dealkylation sites (tertiary alicyclic amines) is 1. The van der Waals surface area contributed by atoms with Gasteiger partial charge < -0.3 is 14.5 Å². The Morgan fingerprint density at radius 1 is 1.15 bits per heavy atom. The van der Waals surface area contributed by atoms with E-state index < -0.39 is 0 Å². The largest absolute Gasteiger partial charge is 0.378 e. The summed E-state index contributed by atoms with van der Waals surface area (Å²) in [5.74, 6) is 0.928. The van der Waals surface area contributed by atoms with Crippen molar-refractivity contribution in [2.75, 3.05) is 58.4 Å². The quantitative estimate of drug-likeness (QED) is 0.749. The van der Waals surface area contributed by atoms with E-state index in [4.69, 9.17) is 16.3 Å². The lowest BCUT2D eigenvalue weighted by atomic mass is 10.0. The molecule has 146 valence electrons. The third-order valence-corrected chi connectivity index (χ3v) is 5.94. The van der Waals surface area contributed by atoms with Crippen LogP contribution in [0, 0.1) is 0 Å². The fourth-order valence-electron chi connectivity index (χ4n) is 4.10. The van der Waals surface area contributed by atoms with Gasteiger partial charge in [0.1, 0.15) is 5.82 Å². The Morgan fingerprint density at radius 3 is 2.63 bits per heavy atom. The third kappa shape index (κ3) is 4.35. The number of hydrogen-bond acceptors (Lipinski definition) is 6. The lowest BCUT2D eigenvalue weighted by Crippen LogP contribution is -2.41. The monoisotopic (exact) mass is 389 g/mol. The summed E-state index contributed by atoms with van der Waals surface area (Å²) in [6.45, 7) is 6.42. The van der Waals surface area contributed by atoms with Gasteiger partial charge in [-0.2, -0.15) is 4.98 Å². The Hall–Kier alpha value is -1.47. The maximum absolute atomic E-state index is 6.19. The molecule has 0 aliphatic carbocycles. The Bertz CT molecular complexity index is 787. The molecule has 1 aromatic heterocycles. The Morgan fingerprint density at radius 2 is 1.89 bits per heavy atom. The number of aromatic nitrogens is 2. The zero-order valence-corrected chi connectivity index (χ0v) is 17.0. The van der Waals surface area contributed by atoms with Crippen molar-refractivity contribution >= 4 is 28.3 Å². The van der Waals surface area contributed by atoms with Crippen LogP contribution in [0.2, 0.25) is 5.28 Å². The molecule has 2 fully saturated rings. The number of ether oxygens (including phenoxy) is 1. The number of fused-ring (bicyclic) bond motifs is 1. The van der Waals surface area contributed by atoms with Gasteiger partial charge in [0.05, 0.1) is 18.7 Å². The van der Waals surface area contributed by atoms with Crippen LogP contribution in [0.4, 0.5) is 5.82 Å². The predicted octanol–water partition coefficient (Wildman–Crippen LogP) is 2.65. The minimum atomic E-state index is 0.306. The van der Waals surface area contributed by atoms with Gasteiger partial charge in [-0.15, -0.1) is 0 Å². The molecule has 2 aromatic rings. The first-order chi connectivity index (χ1) is 13.1. The lowest BCUT2D eigenvalue weighted by molar-refractivity contribution is 0.122. The summed E-state index contributed by atoms with van der Waals surface area (Å²) in [5.41, 5.74) is 2.20. The molecule has 7 heteroatoms. The van der Waals surface area contributed by atoms with E-state index in [0.29, 0.717) is 11.3 Å². The molecule has 6 nitrogen and oxygen atoms in total. The van der Waals surface area contributed by atoms with Gasteiger partial charge in [-0.3, -0.25) is 4.90 Å². The molecule has 0 saturated carbocycles. The molecule has 0 spiro atoms. The van der Waals surface area contributed by atoms with Crippen LogP contribution < -0.4 is 4.90 Å². The second-order valence-electron chi connectivity index (χ2n) is 7.72. The summed E-state index contributed by atoms with van der Waals surface area (Å²) in [6.07, 6.45) is 2.47. The predicted molar refractivity (Wildman–Crippen MR) is 110 cm³/mol. The van der Waals surface area contributed by atoms with Gasteiger partial charge in [0.2, 0.25) is 5.28 Å². The van der Waals surface area contributed by atoms with Gasteiger partial charge in [0.15, 0.2) is 0 Å². The second kappa shape index (κ2) is 8.27. The highest BCUT2D eigenvalue weighted by molar-refractivity contribution is 6.28. The van der Waals surface area contributed by atoms with E-state index in [9.17, 15) is 0 Å². The zero-order valence-electron chi connectivity index (χ0n) is 16.2. The second-order valence-corrected chi connectivity index (χ2v) is 8.05. The molecule has 2 aliphatic heterocycles. The van der Waals surface area contributed by atoms with E-state index in [1.54, 1.807) is 0 Å². The van der Waals surface area contributed by atoms with Crippen molar-refractivity contribution in [3.8, 4) is 0 Å². The first-order valence-electron chi connectivity index (χ1n) is 9.78. The maximum atomic E-state index is 6.19. The number of anilines is 1. The van der Waals surface area contributed by atoms with E-state index >= 15 is 0 Å². The molecule has 0 radical (unpaired) electrons. The standard InChI is InChI=1S/C20H28ClN5O/c1-24-7-5-16(6-8-24)25(2)14-15-3-4-18-17(13-15)19(23-20(21)22-18)26-9-11-27-12-10-26/h3-4,13,16H,5-12,14H2,1-2H3. The van der Waals surface area contributed by atoms with Crippen molar-refractivity contribution < 1.29 is 4.74 Å². The normalized spacial score (nSPS) is 19.9. The van der Waals surface area contributed by atoms with Crippen LogP contribution in [-0.2, 0) is 11.3 Å². The minimum Gasteiger partial charge on any atom is -0.378 e. The molecule has 2 saturated heterocycles. The number of rotatable bonds is 4. The summed E-state index contributed by atoms with van der Waals surface area (Å²) in [4.78, 5) is 16.1. The number of hydrogen-bond donors (Lipinski definition) is 0. The van der Waals surface area contributed by atoms with E-state index in [1.807, 2.05) is 0 Å². The number of piperidine rings is 1. The van der Waals surface area contributed by atoms with E-state index in [1.165, 1.54) is 31.5 Å². The van der Waals surface area contributed by atoms with Crippen LogP contribution in [-0.4, -0.2) is 79.3 Å². The highest BCUT2D eigenvalue weighted by Gasteiger charge is 2.21. The van der Waals surface area contributed by atoms with Gasteiger partial charge >= 0.3 is 0 Å². The van der Waals surface area contributed by atoms with Crippen LogP contribution in [0.1, 0.15) is 18.4 Å². The highest BCUT2D eigenvalue weighted by atomic mass is 35.5. The lowest BCUT2D eigenvalue weighted by Gasteiger charge is -2.35. The number of morpholine rings is 1. The Labute approximate surface area is 166 Å². The van der Waals surface area contributed by atoms with Crippen molar-refractivity contribution in [2.24, 2.45) is 0 Å². The maximum Gasteiger partial charge on any atom is 0.224 e. The molecule has 27 heavy (non-hydrogen) atoms. The topological polar surface area (TPSA) is 44.7 Å². The van der Waals surface area contributed by atoms with Crippen molar-refractivity contribution in [1.29, 1.82) is 0 Å². The van der Waals surface area contributed by atoms with Crippen molar-refractivity contribution in [3.63, 3.8) is 0 Å². The van der Waals surface area contributed by atoms with Crippen LogP contribution in [0.3, 0.4) is 0 Å². The SMILES string of the molecule is CN1CCC(N(C)Cc2ccc3nc(Cl)nc(N4CCOCC4)c3c2)CC1. The van der Waals surface area contributed by atoms with E-state index in [0.717, 1.165) is 49.6 Å². The molecule has 0 N–H and O–H groups in total. The fraction of sp³-hybridized carbons (Fsp3) is 0.600. The van der Waals surface area contributed by atoms with Crippen molar-refractivity contribution in [2.45, 2.75) is 25.4 Å². The Kier molecular flexibility index (Phi) is 5.78. The van der Waals surface area contributed by atoms with E-state index in [2.05, 4.69) is 57.0 Å². The first-order valence-corrected chi connectivity index (χ1v) is 10.2. The average molecular weight is 390 g/mol. The Balaban J connectivity index is 1.58. The summed E-state index contributed by atoms with van der Waals surface area (Å²) < 4.78 is 5.49. The van der Waals surface area contributed by atoms with Gasteiger partial charge in [-0.1, -0.05) is 6.07 Å². The summed E-state index contributed by atoms with van der Waals surface area (Å²) >= 11 is 6.19. The number of halogens is 1. The first kappa shape index (κ1) is 18.9. The molecule has 3 heterocycles. The molecule has 1 aromatic carbocycles. The third-order valence-electron chi connectivity index (χ3n) is 5.77. The average Bonchev–Trinajstić information content (AvgIpc) is 2.69. The molecule has 0 amide bonds. The molecule has 0 atom stereocenters. The van der Waals surface area contributed by atoms with Gasteiger partial charge in [0, 0.05) is 31.1 Å². The highest BCUT2D eigenvalue weighted by Crippen LogP contribution is 2.28. The van der Waals surface area contributed by atoms with E-state index in [-0.39, 0.29) is 0 Å². The van der Waals surface area contributed by atoms with Crippen LogP contribution in [0.15, 0.2) is 18.2 Å². The van der Waals surface area contributed by atoms with Crippen LogP contribution in [0.5, 0.6) is 0 Å². The van der Waals surface area contributed by atoms with Crippen molar-refractivity contribution in [3.05, 3.63) is 29.0 Å². The molecule has 4 rings (SSSR count). The molecular formula is C20H28ClN5O. The number of benzene rings is 1. The van der Waals surface area contributed by atoms with Gasteiger partial charge in [-0.25, -0.2) is 4.98 Å². The summed E-state index contributed by atoms with van der Waals surface area (Å²) in [6, 6.07) is 7.13. The van der Waals surface area contributed by atoms with Gasteiger partial charge in [-0.05, 0) is 69.3 Å². The summed E-state index contributed by atoms with van der Waals surface area (Å²) in [5, 5.41) is 1.38. The molecular weight excluding hydrogens is 362 g/mol. The van der Waals surface area contributed by atoms with Crippen LogP contribution >= 0.6 is 11.6 Å².